The minimum atomic E-state index is -2.90. The standard InChI is InChI=1S/C18H23F2N5O2S/c1-2-26-15-11-13(3-4-14(15)27-16(19)20)12-23-17(21)24-6-8-25(9-7-24)18-22-5-10-28-18/h3-5,10-11,16H,2,6-9,12H2,1H3,(H2,21,23). The monoisotopic (exact) mass is 411 g/mol. The predicted octanol–water partition coefficient (Wildman–Crippen LogP) is 2.78. The van der Waals surface area contributed by atoms with Crippen LogP contribution in [0.25, 0.3) is 0 Å². The maximum Gasteiger partial charge on any atom is 0.387 e. The second-order valence-corrected chi connectivity index (χ2v) is 6.93. The van der Waals surface area contributed by atoms with Crippen molar-refractivity contribution in [1.82, 2.24) is 9.88 Å². The van der Waals surface area contributed by atoms with Gasteiger partial charge in [0.1, 0.15) is 0 Å². The maximum atomic E-state index is 12.5. The molecule has 1 aliphatic rings. The number of hydrogen-bond donors (Lipinski definition) is 1. The zero-order chi connectivity index (χ0) is 19.9. The first-order valence-corrected chi connectivity index (χ1v) is 9.84. The number of nitrogens with zero attached hydrogens (tertiary/aromatic N) is 4. The van der Waals surface area contributed by atoms with Gasteiger partial charge in [0, 0.05) is 37.8 Å². The number of aromatic nitrogens is 1. The molecule has 1 fully saturated rings. The van der Waals surface area contributed by atoms with Crippen LogP contribution >= 0.6 is 11.3 Å². The third-order valence-corrected chi connectivity index (χ3v) is 5.07. The van der Waals surface area contributed by atoms with Crippen LogP contribution in [-0.2, 0) is 6.54 Å². The Morgan fingerprint density at radius 2 is 2.07 bits per heavy atom. The molecule has 1 aromatic carbocycles. The molecule has 28 heavy (non-hydrogen) atoms. The zero-order valence-corrected chi connectivity index (χ0v) is 16.4. The Balaban J connectivity index is 1.59. The van der Waals surface area contributed by atoms with Gasteiger partial charge in [-0.05, 0) is 24.6 Å². The van der Waals surface area contributed by atoms with E-state index in [2.05, 4.69) is 19.6 Å². The number of anilines is 1. The van der Waals surface area contributed by atoms with Crippen molar-refractivity contribution >= 4 is 22.4 Å². The highest BCUT2D eigenvalue weighted by Crippen LogP contribution is 2.30. The topological polar surface area (TPSA) is 76.2 Å². The summed E-state index contributed by atoms with van der Waals surface area (Å²) >= 11 is 1.62. The van der Waals surface area contributed by atoms with Crippen LogP contribution in [0.3, 0.4) is 0 Å². The van der Waals surface area contributed by atoms with Gasteiger partial charge in [-0.3, -0.25) is 0 Å². The highest BCUT2D eigenvalue weighted by atomic mass is 32.1. The quantitative estimate of drug-likeness (QED) is 0.558. The van der Waals surface area contributed by atoms with Gasteiger partial charge in [-0.15, -0.1) is 11.3 Å². The maximum absolute atomic E-state index is 12.5. The smallest absolute Gasteiger partial charge is 0.387 e. The number of rotatable bonds is 7. The van der Waals surface area contributed by atoms with Crippen LogP contribution in [0.15, 0.2) is 34.8 Å². The van der Waals surface area contributed by atoms with E-state index >= 15 is 0 Å². The number of nitrogens with two attached hydrogens (primary N) is 1. The zero-order valence-electron chi connectivity index (χ0n) is 15.6. The number of alkyl halides is 2. The normalized spacial score (nSPS) is 15.2. The highest BCUT2D eigenvalue weighted by Gasteiger charge is 2.20. The molecule has 3 rings (SSSR count). The number of aliphatic imine (C=N–C) groups is 1. The van der Waals surface area contributed by atoms with Gasteiger partial charge in [0.15, 0.2) is 22.6 Å². The molecule has 0 atom stereocenters. The Kier molecular flexibility index (Phi) is 6.85. The lowest BCUT2D eigenvalue weighted by atomic mass is 10.2. The molecular weight excluding hydrogens is 388 g/mol. The number of halogens is 2. The van der Waals surface area contributed by atoms with Gasteiger partial charge >= 0.3 is 6.61 Å². The Labute approximate surface area is 166 Å². The van der Waals surface area contributed by atoms with E-state index in [4.69, 9.17) is 10.5 Å². The van der Waals surface area contributed by atoms with Crippen LogP contribution in [0.1, 0.15) is 12.5 Å². The Morgan fingerprint density at radius 1 is 1.29 bits per heavy atom. The number of ether oxygens (including phenoxy) is 2. The molecule has 0 aliphatic carbocycles. The number of thiazole rings is 1. The van der Waals surface area contributed by atoms with Crippen molar-refractivity contribution in [2.75, 3.05) is 37.7 Å². The van der Waals surface area contributed by atoms with Crippen molar-refractivity contribution in [3.63, 3.8) is 0 Å². The van der Waals surface area contributed by atoms with Gasteiger partial charge in [-0.2, -0.15) is 8.78 Å². The van der Waals surface area contributed by atoms with Gasteiger partial charge in [0.2, 0.25) is 0 Å². The molecule has 0 spiro atoms. The molecule has 1 aliphatic heterocycles. The summed E-state index contributed by atoms with van der Waals surface area (Å²) in [6.07, 6.45) is 1.80. The molecule has 2 aromatic rings. The van der Waals surface area contributed by atoms with E-state index in [1.54, 1.807) is 36.6 Å². The predicted molar refractivity (Wildman–Crippen MR) is 105 cm³/mol. The van der Waals surface area contributed by atoms with Gasteiger partial charge in [0.05, 0.1) is 13.2 Å². The SMILES string of the molecule is CCOc1cc(CN=C(N)N2CCN(c3nccs3)CC2)ccc1OC(F)F. The second-order valence-electron chi connectivity index (χ2n) is 6.06. The summed E-state index contributed by atoms with van der Waals surface area (Å²) in [6.45, 7) is 2.74. The minimum Gasteiger partial charge on any atom is -0.490 e. The van der Waals surface area contributed by atoms with Crippen molar-refractivity contribution in [1.29, 1.82) is 0 Å². The highest BCUT2D eigenvalue weighted by molar-refractivity contribution is 7.13. The summed E-state index contributed by atoms with van der Waals surface area (Å²) in [6, 6.07) is 4.79. The van der Waals surface area contributed by atoms with Crippen LogP contribution in [0.2, 0.25) is 0 Å². The fourth-order valence-corrected chi connectivity index (χ4v) is 3.58. The van der Waals surface area contributed by atoms with E-state index in [1.165, 1.54) is 6.07 Å². The number of hydrogen-bond acceptors (Lipinski definition) is 6. The summed E-state index contributed by atoms with van der Waals surface area (Å²) in [5, 5.41) is 2.98. The van der Waals surface area contributed by atoms with Gasteiger partial charge in [-0.1, -0.05) is 6.07 Å². The van der Waals surface area contributed by atoms with Gasteiger partial charge < -0.3 is 25.0 Å². The average molecular weight is 411 g/mol. The van der Waals surface area contributed by atoms with Gasteiger partial charge in [-0.25, -0.2) is 9.98 Å². The molecule has 2 heterocycles. The minimum absolute atomic E-state index is 0.0101. The Morgan fingerprint density at radius 3 is 2.71 bits per heavy atom. The Bertz CT molecular complexity index is 780. The van der Waals surface area contributed by atoms with Crippen LogP contribution in [0, 0.1) is 0 Å². The molecule has 0 radical (unpaired) electrons. The molecule has 152 valence electrons. The first-order chi connectivity index (χ1) is 13.6. The molecule has 0 unspecified atom stereocenters. The summed E-state index contributed by atoms with van der Waals surface area (Å²) in [7, 11) is 0. The van der Waals surface area contributed by atoms with Crippen molar-refractivity contribution in [3.8, 4) is 11.5 Å². The summed E-state index contributed by atoms with van der Waals surface area (Å²) in [4.78, 5) is 13.0. The number of benzene rings is 1. The molecule has 1 aromatic heterocycles. The third-order valence-electron chi connectivity index (χ3n) is 4.24. The van der Waals surface area contributed by atoms with Crippen molar-refractivity contribution in [2.45, 2.75) is 20.1 Å². The fourth-order valence-electron chi connectivity index (χ4n) is 2.88. The lowest BCUT2D eigenvalue weighted by Gasteiger charge is -2.35. The van der Waals surface area contributed by atoms with Crippen LogP contribution < -0.4 is 20.1 Å². The van der Waals surface area contributed by atoms with E-state index in [-0.39, 0.29) is 11.5 Å². The molecule has 2 N–H and O–H groups in total. The molecule has 0 amide bonds. The first kappa shape index (κ1) is 20.1. The average Bonchev–Trinajstić information content (AvgIpc) is 3.22. The lowest BCUT2D eigenvalue weighted by molar-refractivity contribution is -0.0514. The molecule has 1 saturated heterocycles. The summed E-state index contributed by atoms with van der Waals surface area (Å²) in [5.74, 6) is 0.742. The molecule has 7 nitrogen and oxygen atoms in total. The number of piperazine rings is 1. The van der Waals surface area contributed by atoms with Crippen LogP contribution in [0.5, 0.6) is 11.5 Å². The van der Waals surface area contributed by atoms with E-state index in [1.807, 2.05) is 10.3 Å². The van der Waals surface area contributed by atoms with Crippen molar-refractivity contribution in [2.24, 2.45) is 10.7 Å². The fraction of sp³-hybridized carbons (Fsp3) is 0.444. The van der Waals surface area contributed by atoms with E-state index in [0.717, 1.165) is 36.9 Å². The van der Waals surface area contributed by atoms with E-state index in [9.17, 15) is 8.78 Å². The first-order valence-electron chi connectivity index (χ1n) is 8.96. The lowest BCUT2D eigenvalue weighted by Crippen LogP contribution is -2.51. The van der Waals surface area contributed by atoms with Crippen molar-refractivity contribution < 1.29 is 18.3 Å². The summed E-state index contributed by atoms with van der Waals surface area (Å²) in [5.41, 5.74) is 6.94. The molecular formula is C18H23F2N5O2S. The molecule has 0 bridgehead atoms. The molecule has 10 heteroatoms. The van der Waals surface area contributed by atoms with E-state index in [0.29, 0.717) is 19.1 Å². The number of guanidine groups is 1. The van der Waals surface area contributed by atoms with Crippen molar-refractivity contribution in [3.05, 3.63) is 35.3 Å². The second kappa shape index (κ2) is 9.54. The molecule has 0 saturated carbocycles. The van der Waals surface area contributed by atoms with Crippen LogP contribution in [-0.4, -0.2) is 55.2 Å². The Hall–Kier alpha value is -2.62. The third kappa shape index (κ3) is 5.22. The summed E-state index contributed by atoms with van der Waals surface area (Å²) < 4.78 is 34.8. The van der Waals surface area contributed by atoms with Crippen LogP contribution in [0.4, 0.5) is 13.9 Å². The largest absolute Gasteiger partial charge is 0.490 e. The van der Waals surface area contributed by atoms with E-state index < -0.39 is 6.61 Å². The van der Waals surface area contributed by atoms with Gasteiger partial charge in [0.25, 0.3) is 0 Å².